The number of fused-ring (bicyclic) bond motifs is 1. The van der Waals surface area contributed by atoms with Crippen LogP contribution in [-0.4, -0.2) is 31.8 Å². The summed E-state index contributed by atoms with van der Waals surface area (Å²) in [6, 6.07) is 3.98. The van der Waals surface area contributed by atoms with Gasteiger partial charge in [-0.15, -0.1) is 0 Å². The van der Waals surface area contributed by atoms with Crippen LogP contribution in [0.3, 0.4) is 0 Å². The summed E-state index contributed by atoms with van der Waals surface area (Å²) in [5.41, 5.74) is 0.681. The third kappa shape index (κ3) is 4.61. The van der Waals surface area contributed by atoms with Gasteiger partial charge in [0.05, 0.1) is 26.4 Å². The van der Waals surface area contributed by atoms with E-state index < -0.39 is 0 Å². The number of halogens is 1. The number of hydrogen-bond acceptors (Lipinski definition) is 4. The molecule has 2 aliphatic carbocycles. The Morgan fingerprint density at radius 3 is 2.58 bits per heavy atom. The molecule has 1 aromatic rings. The highest BCUT2D eigenvalue weighted by molar-refractivity contribution is 9.10. The molecule has 3 aliphatic rings. The van der Waals surface area contributed by atoms with Gasteiger partial charge in [0.1, 0.15) is 0 Å². The predicted molar refractivity (Wildman–Crippen MR) is 124 cm³/mol. The molecule has 0 bridgehead atoms. The first kappa shape index (κ1) is 22.9. The van der Waals surface area contributed by atoms with Crippen molar-refractivity contribution >= 4 is 21.8 Å². The minimum Gasteiger partial charge on any atom is -0.493 e. The van der Waals surface area contributed by atoms with Gasteiger partial charge in [-0.1, -0.05) is 42.1 Å². The first-order chi connectivity index (χ1) is 14.8. The summed E-state index contributed by atoms with van der Waals surface area (Å²) in [7, 11) is 3.32. The lowest BCUT2D eigenvalue weighted by Gasteiger charge is -2.52. The molecule has 1 saturated heterocycles. The Morgan fingerprint density at radius 2 is 1.90 bits per heavy atom. The second-order valence-electron chi connectivity index (χ2n) is 10.0. The van der Waals surface area contributed by atoms with Crippen molar-refractivity contribution in [1.29, 1.82) is 0 Å². The molecule has 1 aliphatic heterocycles. The highest BCUT2D eigenvalue weighted by Gasteiger charge is 2.50. The minimum absolute atomic E-state index is 0.131. The lowest BCUT2D eigenvalue weighted by Crippen LogP contribution is -2.61. The normalized spacial score (nSPS) is 33.6. The van der Waals surface area contributed by atoms with Gasteiger partial charge in [0.15, 0.2) is 11.5 Å². The summed E-state index contributed by atoms with van der Waals surface area (Å²) in [6.07, 6.45) is 8.39. The van der Waals surface area contributed by atoms with Crippen LogP contribution in [0.1, 0.15) is 76.9 Å². The molecule has 5 atom stereocenters. The molecule has 172 valence electrons. The smallest absolute Gasteiger partial charge is 0.223 e. The van der Waals surface area contributed by atoms with Crippen LogP contribution < -0.4 is 14.8 Å². The number of methoxy groups -OCH3 is 2. The van der Waals surface area contributed by atoms with Crippen molar-refractivity contribution in [3.05, 3.63) is 22.2 Å². The fraction of sp³-hybridized carbons (Fsp3) is 0.720. The summed E-state index contributed by atoms with van der Waals surface area (Å²) >= 11 is 3.61. The molecule has 1 heterocycles. The largest absolute Gasteiger partial charge is 0.493 e. The molecule has 0 unspecified atom stereocenters. The van der Waals surface area contributed by atoms with Crippen molar-refractivity contribution in [2.24, 2.45) is 17.8 Å². The van der Waals surface area contributed by atoms with Gasteiger partial charge in [0, 0.05) is 33.8 Å². The Hall–Kier alpha value is -1.27. The summed E-state index contributed by atoms with van der Waals surface area (Å²) < 4.78 is 19.0. The number of hydrogen-bond donors (Lipinski definition) is 1. The molecule has 2 saturated carbocycles. The molecule has 0 radical (unpaired) electrons. The molecule has 4 rings (SSSR count). The molecular weight excluding hydrogens is 458 g/mol. The predicted octanol–water partition coefficient (Wildman–Crippen LogP) is 5.80. The number of carbonyl (C=O) groups excluding carboxylic acids is 1. The van der Waals surface area contributed by atoms with E-state index in [4.69, 9.17) is 14.2 Å². The fourth-order valence-corrected chi connectivity index (χ4v) is 6.55. The summed E-state index contributed by atoms with van der Waals surface area (Å²) in [6.45, 7) is 4.55. The van der Waals surface area contributed by atoms with E-state index in [1.165, 1.54) is 19.3 Å². The van der Waals surface area contributed by atoms with Crippen LogP contribution in [0.4, 0.5) is 0 Å². The standard InChI is InChI=1S/C25H36BrNO4/c1-15-9-10-19-20(11-15)31-22(18-12-17(26)13-21(29-3)23(18)30-4)14-25(19,2)27-24(28)16-7-5-6-8-16/h12-13,15-16,19-20,22H,5-11,14H2,1-4H3,(H,27,28)/t15-,19-,20-,22-,25-/m0/s1. The van der Waals surface area contributed by atoms with E-state index in [0.717, 1.165) is 42.1 Å². The van der Waals surface area contributed by atoms with Gasteiger partial charge in [0.2, 0.25) is 5.91 Å². The van der Waals surface area contributed by atoms with Gasteiger partial charge < -0.3 is 19.5 Å². The van der Waals surface area contributed by atoms with Crippen LogP contribution in [0.2, 0.25) is 0 Å². The molecule has 31 heavy (non-hydrogen) atoms. The lowest BCUT2D eigenvalue weighted by atomic mass is 9.66. The molecule has 5 nitrogen and oxygen atoms in total. The van der Waals surface area contributed by atoms with Crippen molar-refractivity contribution < 1.29 is 19.0 Å². The number of nitrogens with one attached hydrogen (secondary N) is 1. The van der Waals surface area contributed by atoms with E-state index >= 15 is 0 Å². The second kappa shape index (κ2) is 9.30. The molecule has 1 amide bonds. The maximum absolute atomic E-state index is 13.2. The Bertz CT molecular complexity index is 809. The highest BCUT2D eigenvalue weighted by atomic mass is 79.9. The van der Waals surface area contributed by atoms with E-state index in [1.54, 1.807) is 14.2 Å². The monoisotopic (exact) mass is 493 g/mol. The number of rotatable bonds is 5. The number of benzene rings is 1. The van der Waals surface area contributed by atoms with Crippen LogP contribution in [0.5, 0.6) is 11.5 Å². The van der Waals surface area contributed by atoms with Crippen molar-refractivity contribution in [2.75, 3.05) is 14.2 Å². The quantitative estimate of drug-likeness (QED) is 0.563. The SMILES string of the molecule is COc1cc(Br)cc([C@@H]2C[C@](C)(NC(=O)C3CCCC3)[C@H]3CC[C@H](C)C[C@@H]3O2)c1OC. The zero-order chi connectivity index (χ0) is 22.2. The number of carbonyl (C=O) groups is 1. The average Bonchev–Trinajstić information content (AvgIpc) is 3.27. The topological polar surface area (TPSA) is 56.8 Å². The Balaban J connectivity index is 1.67. The summed E-state index contributed by atoms with van der Waals surface area (Å²) in [4.78, 5) is 13.2. The Kier molecular flexibility index (Phi) is 6.87. The first-order valence-electron chi connectivity index (χ1n) is 11.7. The first-order valence-corrected chi connectivity index (χ1v) is 12.5. The van der Waals surface area contributed by atoms with Crippen molar-refractivity contribution in [3.63, 3.8) is 0 Å². The molecule has 1 N–H and O–H groups in total. The van der Waals surface area contributed by atoms with Gasteiger partial charge in [-0.2, -0.15) is 0 Å². The van der Waals surface area contributed by atoms with Crippen LogP contribution in [0, 0.1) is 17.8 Å². The molecule has 1 aromatic carbocycles. The van der Waals surface area contributed by atoms with E-state index in [-0.39, 0.29) is 29.6 Å². The van der Waals surface area contributed by atoms with Crippen LogP contribution >= 0.6 is 15.9 Å². The van der Waals surface area contributed by atoms with Crippen LogP contribution in [0.15, 0.2) is 16.6 Å². The highest BCUT2D eigenvalue weighted by Crippen LogP contribution is 2.51. The van der Waals surface area contributed by atoms with Gasteiger partial charge >= 0.3 is 0 Å². The van der Waals surface area contributed by atoms with Crippen molar-refractivity contribution in [2.45, 2.75) is 83.0 Å². The Labute approximate surface area is 194 Å². The van der Waals surface area contributed by atoms with E-state index in [1.807, 2.05) is 6.07 Å². The second-order valence-corrected chi connectivity index (χ2v) is 10.9. The minimum atomic E-state index is -0.298. The fourth-order valence-electron chi connectivity index (χ4n) is 6.10. The zero-order valence-electron chi connectivity index (χ0n) is 19.2. The molecule has 6 heteroatoms. The van der Waals surface area contributed by atoms with Crippen molar-refractivity contribution in [1.82, 2.24) is 5.32 Å². The van der Waals surface area contributed by atoms with Gasteiger partial charge in [-0.05, 0) is 50.7 Å². The van der Waals surface area contributed by atoms with E-state index in [2.05, 4.69) is 41.2 Å². The van der Waals surface area contributed by atoms with E-state index in [0.29, 0.717) is 23.3 Å². The number of amides is 1. The third-order valence-electron chi connectivity index (χ3n) is 7.77. The zero-order valence-corrected chi connectivity index (χ0v) is 20.8. The van der Waals surface area contributed by atoms with Gasteiger partial charge in [0.25, 0.3) is 0 Å². The van der Waals surface area contributed by atoms with Gasteiger partial charge in [-0.25, -0.2) is 0 Å². The number of ether oxygens (including phenoxy) is 3. The van der Waals surface area contributed by atoms with Crippen LogP contribution in [-0.2, 0) is 9.53 Å². The van der Waals surface area contributed by atoms with E-state index in [9.17, 15) is 4.79 Å². The van der Waals surface area contributed by atoms with Gasteiger partial charge in [-0.3, -0.25) is 4.79 Å². The summed E-state index contributed by atoms with van der Waals surface area (Å²) in [5.74, 6) is 2.77. The van der Waals surface area contributed by atoms with Crippen LogP contribution in [0.25, 0.3) is 0 Å². The molecular formula is C25H36BrNO4. The third-order valence-corrected chi connectivity index (χ3v) is 8.23. The molecule has 0 aromatic heterocycles. The maximum Gasteiger partial charge on any atom is 0.223 e. The molecule has 0 spiro atoms. The lowest BCUT2D eigenvalue weighted by molar-refractivity contribution is -0.155. The van der Waals surface area contributed by atoms with Crippen molar-refractivity contribution in [3.8, 4) is 11.5 Å². The maximum atomic E-state index is 13.2. The molecule has 3 fully saturated rings. The average molecular weight is 494 g/mol. The summed E-state index contributed by atoms with van der Waals surface area (Å²) in [5, 5.41) is 3.53. The Morgan fingerprint density at radius 1 is 1.16 bits per heavy atom.